The molecule has 0 aliphatic carbocycles. The Bertz CT molecular complexity index is 1670. The molecular formula is C61H97NO10. The van der Waals surface area contributed by atoms with E-state index in [9.17, 15) is 35.1 Å². The first-order valence-corrected chi connectivity index (χ1v) is 27.6. The zero-order valence-electron chi connectivity index (χ0n) is 44.5. The number of hydrogen-bond acceptors (Lipinski definition) is 10. The molecule has 8 atom stereocenters. The van der Waals surface area contributed by atoms with Crippen LogP contribution in [0.4, 0.5) is 0 Å². The predicted octanol–water partition coefficient (Wildman–Crippen LogP) is 12.1. The van der Waals surface area contributed by atoms with Gasteiger partial charge in [0, 0.05) is 6.42 Å². The Morgan fingerprint density at radius 2 is 1.00 bits per heavy atom. The van der Waals surface area contributed by atoms with Crippen LogP contribution >= 0.6 is 0 Å². The second-order valence-electron chi connectivity index (χ2n) is 18.4. The summed E-state index contributed by atoms with van der Waals surface area (Å²) in [5.41, 5.74) is 0. The molecule has 0 bridgehead atoms. The largest absolute Gasteiger partial charge is 0.454 e. The third kappa shape index (κ3) is 35.8. The fraction of sp³-hybridized carbons (Fsp3) is 0.607. The van der Waals surface area contributed by atoms with Crippen LogP contribution in [0.15, 0.2) is 134 Å². The minimum Gasteiger partial charge on any atom is -0.454 e. The highest BCUT2D eigenvalue weighted by Gasteiger charge is 2.47. The Balaban J connectivity index is 2.82. The molecule has 1 fully saturated rings. The van der Waals surface area contributed by atoms with Gasteiger partial charge in [-0.2, -0.15) is 0 Å². The Morgan fingerprint density at radius 1 is 0.556 bits per heavy atom. The van der Waals surface area contributed by atoms with Crippen LogP contribution < -0.4 is 5.32 Å². The average molecular weight is 1000 g/mol. The van der Waals surface area contributed by atoms with Crippen molar-refractivity contribution in [1.29, 1.82) is 0 Å². The van der Waals surface area contributed by atoms with E-state index in [1.165, 1.54) is 44.9 Å². The lowest BCUT2D eigenvalue weighted by Crippen LogP contribution is -2.61. The number of hydrogen-bond donors (Lipinski definition) is 6. The number of aliphatic hydroxyl groups excluding tert-OH is 5. The smallest absolute Gasteiger partial charge is 0.306 e. The van der Waals surface area contributed by atoms with Gasteiger partial charge in [0.25, 0.3) is 0 Å². The lowest BCUT2D eigenvalue weighted by molar-refractivity contribution is -0.305. The summed E-state index contributed by atoms with van der Waals surface area (Å²) in [7, 11) is 0. The fourth-order valence-electron chi connectivity index (χ4n) is 7.69. The van der Waals surface area contributed by atoms with Gasteiger partial charge in [0.2, 0.25) is 5.91 Å². The highest BCUT2D eigenvalue weighted by atomic mass is 16.7. The topological polar surface area (TPSA) is 175 Å². The first-order valence-electron chi connectivity index (χ1n) is 27.6. The summed E-state index contributed by atoms with van der Waals surface area (Å²) < 4.78 is 17.5. The first-order chi connectivity index (χ1) is 35.2. The van der Waals surface area contributed by atoms with E-state index in [2.05, 4.69) is 50.4 Å². The van der Waals surface area contributed by atoms with Crippen LogP contribution in [-0.2, 0) is 23.8 Å². The van der Waals surface area contributed by atoms with Gasteiger partial charge in [-0.15, -0.1) is 0 Å². The van der Waals surface area contributed by atoms with E-state index in [-0.39, 0.29) is 19.4 Å². The van der Waals surface area contributed by atoms with E-state index < -0.39 is 67.4 Å². The Morgan fingerprint density at radius 3 is 1.50 bits per heavy atom. The number of carbonyl (C=O) groups is 2. The zero-order valence-corrected chi connectivity index (χ0v) is 44.5. The molecule has 1 heterocycles. The third-order valence-electron chi connectivity index (χ3n) is 12.1. The molecule has 0 aromatic carbocycles. The van der Waals surface area contributed by atoms with Gasteiger partial charge >= 0.3 is 5.97 Å². The van der Waals surface area contributed by atoms with Gasteiger partial charge in [0.05, 0.1) is 25.4 Å². The third-order valence-corrected chi connectivity index (χ3v) is 12.1. The van der Waals surface area contributed by atoms with E-state index in [0.717, 1.165) is 83.5 Å². The van der Waals surface area contributed by atoms with E-state index in [1.807, 2.05) is 103 Å². The predicted molar refractivity (Wildman–Crippen MR) is 296 cm³/mol. The normalized spacial score (nSPS) is 20.6. The second kappa shape index (κ2) is 47.8. The zero-order chi connectivity index (χ0) is 52.5. The lowest BCUT2D eigenvalue weighted by Gasteiger charge is -2.41. The maximum atomic E-state index is 13.4. The molecule has 1 aliphatic rings. The van der Waals surface area contributed by atoms with Crippen molar-refractivity contribution >= 4 is 11.9 Å². The van der Waals surface area contributed by atoms with Gasteiger partial charge in [0.1, 0.15) is 24.4 Å². The Labute approximate surface area is 435 Å². The number of nitrogens with one attached hydrogen (secondary N) is 1. The molecular weight excluding hydrogens is 907 g/mol. The van der Waals surface area contributed by atoms with E-state index in [4.69, 9.17) is 14.2 Å². The van der Waals surface area contributed by atoms with Crippen molar-refractivity contribution in [3.63, 3.8) is 0 Å². The summed E-state index contributed by atoms with van der Waals surface area (Å²) >= 11 is 0. The number of allylic oxidation sites excluding steroid dienone is 21. The molecule has 0 aromatic rings. The summed E-state index contributed by atoms with van der Waals surface area (Å²) in [5.74, 6) is -1.28. The minimum absolute atomic E-state index is 0.0604. The van der Waals surface area contributed by atoms with Crippen LogP contribution in [0.2, 0.25) is 0 Å². The Kier molecular flexibility index (Phi) is 43.7. The van der Waals surface area contributed by atoms with Crippen molar-refractivity contribution in [2.75, 3.05) is 13.2 Å². The molecule has 406 valence electrons. The SMILES string of the molecule is CC\C=C/C=C/C=C/C=C\C=C\C=C\CCCCCC(=O)OC1C(OCC(NC(=O)C(O)CCCCCC\C=C/C=C/C=C/C=C/CC)C(O)/C=C/CCCCCCCCCCCC)OC(CO)C(O)C1O. The summed E-state index contributed by atoms with van der Waals surface area (Å²) in [6.45, 7) is 5.42. The molecule has 8 unspecified atom stereocenters. The van der Waals surface area contributed by atoms with Gasteiger partial charge in [-0.1, -0.05) is 238 Å². The molecule has 1 saturated heterocycles. The van der Waals surface area contributed by atoms with Crippen molar-refractivity contribution in [1.82, 2.24) is 5.32 Å². The van der Waals surface area contributed by atoms with Crippen LogP contribution in [0.25, 0.3) is 0 Å². The quantitative estimate of drug-likeness (QED) is 0.0149. The number of unbranched alkanes of at least 4 members (excludes halogenated alkanes) is 17. The molecule has 1 rings (SSSR count). The molecule has 1 amide bonds. The first kappa shape index (κ1) is 65.8. The fourth-order valence-corrected chi connectivity index (χ4v) is 7.69. The lowest BCUT2D eigenvalue weighted by atomic mass is 9.99. The molecule has 0 aromatic heterocycles. The summed E-state index contributed by atoms with van der Waals surface area (Å²) in [6.07, 6.45) is 56.3. The molecule has 11 nitrogen and oxygen atoms in total. The van der Waals surface area contributed by atoms with Gasteiger partial charge < -0.3 is 45.1 Å². The van der Waals surface area contributed by atoms with Crippen LogP contribution in [0.3, 0.4) is 0 Å². The van der Waals surface area contributed by atoms with Crippen LogP contribution in [-0.4, -0.2) is 99.6 Å². The van der Waals surface area contributed by atoms with Crippen molar-refractivity contribution in [2.45, 2.75) is 224 Å². The number of esters is 1. The van der Waals surface area contributed by atoms with E-state index in [1.54, 1.807) is 6.08 Å². The Hall–Kier alpha value is -4.20. The highest BCUT2D eigenvalue weighted by molar-refractivity contribution is 5.80. The van der Waals surface area contributed by atoms with Crippen LogP contribution in [0.5, 0.6) is 0 Å². The van der Waals surface area contributed by atoms with E-state index in [0.29, 0.717) is 12.8 Å². The minimum atomic E-state index is -1.65. The van der Waals surface area contributed by atoms with Gasteiger partial charge in [0.15, 0.2) is 12.4 Å². The van der Waals surface area contributed by atoms with Crippen molar-refractivity contribution in [2.24, 2.45) is 0 Å². The number of carbonyl (C=O) groups excluding carboxylic acids is 2. The number of rotatable bonds is 43. The maximum absolute atomic E-state index is 13.4. The average Bonchev–Trinajstić information content (AvgIpc) is 3.38. The molecule has 0 saturated carbocycles. The summed E-state index contributed by atoms with van der Waals surface area (Å²) in [5, 5.41) is 56.7. The standard InChI is InChI=1S/C61H97NO10/c1-4-7-10-13-16-19-22-25-27-28-29-31-34-37-40-43-46-49-56(66)72-59-58(68)57(67)55(50-63)71-61(59)70-51-52(53(64)47-44-41-38-35-32-24-21-18-15-12-9-6-3)62-60(69)54(65)48-45-42-39-36-33-30-26-23-20-17-14-11-8-5-2/h7-8,10-11,13-14,16-17,19-20,22-23,25-31,34,44,47,52-55,57-59,61,63-65,67-68H,4-6,9,12,15,18,21,24,32-33,35-43,45-46,48-51H2,1-3H3,(H,62,69)/b10-7-,11-8+,16-13+,17-14+,22-19+,23-20+,27-25-,29-28+,30-26-,34-31+,47-44+. The van der Waals surface area contributed by atoms with Crippen molar-refractivity contribution in [3.8, 4) is 0 Å². The van der Waals surface area contributed by atoms with Crippen LogP contribution in [0, 0.1) is 0 Å². The number of aliphatic hydroxyl groups is 5. The molecule has 0 radical (unpaired) electrons. The van der Waals surface area contributed by atoms with Gasteiger partial charge in [-0.05, 0) is 64.2 Å². The second-order valence-corrected chi connectivity index (χ2v) is 18.4. The monoisotopic (exact) mass is 1000 g/mol. The van der Waals surface area contributed by atoms with E-state index >= 15 is 0 Å². The highest BCUT2D eigenvalue weighted by Crippen LogP contribution is 2.26. The summed E-state index contributed by atoms with van der Waals surface area (Å²) in [4.78, 5) is 26.4. The molecule has 0 spiro atoms. The van der Waals surface area contributed by atoms with Crippen molar-refractivity contribution in [3.05, 3.63) is 134 Å². The number of amides is 1. The maximum Gasteiger partial charge on any atom is 0.306 e. The molecule has 1 aliphatic heterocycles. The van der Waals surface area contributed by atoms with Gasteiger partial charge in [-0.25, -0.2) is 0 Å². The van der Waals surface area contributed by atoms with Crippen LogP contribution in [0.1, 0.15) is 175 Å². The molecule has 11 heteroatoms. The van der Waals surface area contributed by atoms with Gasteiger partial charge in [-0.3, -0.25) is 9.59 Å². The summed E-state index contributed by atoms with van der Waals surface area (Å²) in [6, 6.07) is -1.06. The molecule has 72 heavy (non-hydrogen) atoms. The number of ether oxygens (including phenoxy) is 3. The van der Waals surface area contributed by atoms with Crippen molar-refractivity contribution < 1.29 is 49.3 Å². The molecule has 6 N–H and O–H groups in total.